The number of nitrogens with one attached hydrogen (secondary N) is 4. The highest BCUT2D eigenvalue weighted by atomic mass is 35.5. The van der Waals surface area contributed by atoms with Gasteiger partial charge in [-0.1, -0.05) is 123 Å². The van der Waals surface area contributed by atoms with E-state index < -0.39 is 57.8 Å². The third kappa shape index (κ3) is 14.8. The fourth-order valence-electron chi connectivity index (χ4n) is 14.2. The van der Waals surface area contributed by atoms with E-state index in [9.17, 15) is 67.1 Å². The van der Waals surface area contributed by atoms with Gasteiger partial charge in [0.05, 0.1) is 0 Å². The van der Waals surface area contributed by atoms with Gasteiger partial charge in [-0.15, -0.1) is 0 Å². The molecule has 0 bridgehead atoms. The maximum absolute atomic E-state index is 13.0. The molecule has 5 aromatic carbocycles. The molecule has 10 aromatic rings. The zero-order chi connectivity index (χ0) is 80.9. The van der Waals surface area contributed by atoms with Crippen LogP contribution in [-0.2, 0) is 33.6 Å². The molecule has 0 unspecified atom stereocenters. The number of rotatable bonds is 14. The fraction of sp³-hybridized carbons (Fsp3) is 0.322. The first-order chi connectivity index (χ1) is 53.7. The Bertz CT molecular complexity index is 5750. The van der Waals surface area contributed by atoms with Crippen LogP contribution in [-0.4, -0.2) is 131 Å². The normalized spacial score (nSPS) is 15.3. The molecule has 0 aliphatic heterocycles. The van der Waals surface area contributed by atoms with E-state index in [2.05, 4.69) is 44.9 Å². The maximum Gasteiger partial charge on any atom is 0.252 e. The van der Waals surface area contributed by atoms with Crippen LogP contribution >= 0.6 is 11.6 Å². The molecule has 574 valence electrons. The van der Waals surface area contributed by atoms with Crippen LogP contribution in [0.25, 0.3) is 56.3 Å². The number of imidazole rings is 5. The van der Waals surface area contributed by atoms with Gasteiger partial charge in [-0.05, 0) is 111 Å². The molecule has 3 fully saturated rings. The van der Waals surface area contributed by atoms with E-state index in [-0.39, 0.29) is 117 Å². The second-order valence-electron chi connectivity index (χ2n) is 31.4. The van der Waals surface area contributed by atoms with Gasteiger partial charge in [0.25, 0.3) is 28.9 Å². The highest BCUT2D eigenvalue weighted by molar-refractivity contribution is 6.55. The van der Waals surface area contributed by atoms with Crippen LogP contribution in [0.4, 0.5) is 5.69 Å². The van der Waals surface area contributed by atoms with Crippen LogP contribution in [0.15, 0.2) is 91.0 Å². The number of nitrogens with two attached hydrogens (primary N) is 1. The number of nitrogen functional groups attached to an aromatic ring is 1. The number of anilines is 1. The number of fused-ring (bicyclic) bond motifs is 15. The molecule has 5 aromatic heterocycles. The van der Waals surface area contributed by atoms with Crippen molar-refractivity contribution in [3.05, 3.63) is 198 Å². The monoisotopic (exact) mass is 1540 g/mol. The van der Waals surface area contributed by atoms with Crippen molar-refractivity contribution in [1.29, 1.82) is 0 Å². The summed E-state index contributed by atoms with van der Waals surface area (Å²) in [7, 11) is 0. The summed E-state index contributed by atoms with van der Waals surface area (Å²) in [6, 6.07) is 25.7. The molecule has 5 heterocycles. The average Bonchev–Trinajstić information content (AvgIpc) is 1.58. The first kappa shape index (κ1) is 77.4. The lowest BCUT2D eigenvalue weighted by Gasteiger charge is -2.17. The molecule has 6 N–H and O–H groups in total. The highest BCUT2D eigenvalue weighted by Gasteiger charge is 2.44. The lowest BCUT2D eigenvalue weighted by Crippen LogP contribution is -2.28. The van der Waals surface area contributed by atoms with Crippen LogP contribution in [0, 0.1) is 17.8 Å². The van der Waals surface area contributed by atoms with E-state index in [0.717, 1.165) is 55.2 Å². The number of nitrogens with zero attached hydrogens (tertiary/aromatic N) is 6. The number of aromatic amines is 4. The van der Waals surface area contributed by atoms with Gasteiger partial charge in [-0.3, -0.25) is 71.7 Å². The first-order valence-corrected chi connectivity index (χ1v) is 38.2. The maximum atomic E-state index is 13.0. The van der Waals surface area contributed by atoms with Crippen molar-refractivity contribution in [2.45, 2.75) is 164 Å². The average molecular weight is 1540 g/mol. The van der Waals surface area contributed by atoms with Crippen LogP contribution in [0.1, 0.15) is 299 Å². The number of aromatic nitrogens is 10. The smallest absolute Gasteiger partial charge is 0.252 e. The van der Waals surface area contributed by atoms with Gasteiger partial charge >= 0.3 is 0 Å². The molecular formula is C87H80ClN11O14. The van der Waals surface area contributed by atoms with Crippen LogP contribution in [0.3, 0.4) is 0 Å². The summed E-state index contributed by atoms with van der Waals surface area (Å²) in [6.07, 6.45) is 6.28. The Kier molecular flexibility index (Phi) is 20.6. The van der Waals surface area contributed by atoms with Gasteiger partial charge in [0.15, 0.2) is 0 Å². The summed E-state index contributed by atoms with van der Waals surface area (Å²) >= 11 is 5.88. The molecule has 0 spiro atoms. The number of H-pyrrole nitrogens is 4. The highest BCUT2D eigenvalue weighted by Crippen LogP contribution is 2.43. The summed E-state index contributed by atoms with van der Waals surface area (Å²) in [6.45, 7) is 21.1. The van der Waals surface area contributed by atoms with Gasteiger partial charge in [0.2, 0.25) is 34.8 Å². The van der Waals surface area contributed by atoms with Crippen LogP contribution in [0.5, 0.6) is 0 Å². The van der Waals surface area contributed by atoms with E-state index in [1.54, 1.807) is 66.7 Å². The molecule has 25 nitrogen and oxygen atoms in total. The Hall–Kier alpha value is -12.4. The molecule has 0 atom stereocenters. The van der Waals surface area contributed by atoms with Gasteiger partial charge < -0.3 is 25.7 Å². The summed E-state index contributed by atoms with van der Waals surface area (Å²) in [5.74, 6) is -1.35. The molecule has 113 heavy (non-hydrogen) atoms. The van der Waals surface area contributed by atoms with Crippen molar-refractivity contribution >= 4 is 98.4 Å². The summed E-state index contributed by atoms with van der Waals surface area (Å²) < 4.78 is 1.39. The number of hydrogen-bond acceptors (Lipinski definition) is 20. The Morgan fingerprint density at radius 3 is 1.02 bits per heavy atom. The minimum atomic E-state index is -0.688. The van der Waals surface area contributed by atoms with E-state index in [0.29, 0.717) is 125 Å². The van der Waals surface area contributed by atoms with Crippen molar-refractivity contribution in [3.63, 3.8) is 0 Å². The molecular weight excluding hydrogens is 1460 g/mol. The van der Waals surface area contributed by atoms with Gasteiger partial charge in [0.1, 0.15) is 103 Å². The molecule has 26 heteroatoms. The summed E-state index contributed by atoms with van der Waals surface area (Å²) in [5.41, 5.74) is 17.0. The molecule has 3 saturated carbocycles. The molecule has 0 saturated heterocycles. The SMILES string of the molecule is CC(=O)Cc1ccc2c(c1)C(=O)C(=O)c1[nH]c(C(C)C)nc1-2.CC(C)c1nc2c([nH]1)C(=O)C(=O)c1cc(CC(=O)C3CC3)ccc1-2.CC(C)c1nc2c([nH]1)C(=O)C(=O)c1cc(Cl)ccc1-2.CC(C)c1nc2c([nH]1)C(=O)C(=O)c1cc(N)ccc1-2.CC(C)c1nc2c(n1C(=O)C1CC1)C(=O)C(=O)c1cc(CC(=O)C3CC3)ccc1-2. The molecule has 8 aliphatic rings. The van der Waals surface area contributed by atoms with Crippen molar-refractivity contribution in [2.75, 3.05) is 5.73 Å². The number of ketones is 13. The largest absolute Gasteiger partial charge is 0.399 e. The minimum absolute atomic E-state index is 0.0112. The number of carbonyl (C=O) groups excluding carboxylic acids is 14. The van der Waals surface area contributed by atoms with Crippen LogP contribution < -0.4 is 5.73 Å². The van der Waals surface area contributed by atoms with Gasteiger partial charge in [0, 0.05) is 133 Å². The zero-order valence-electron chi connectivity index (χ0n) is 64.0. The number of carbonyl (C=O) groups is 14. The van der Waals surface area contributed by atoms with E-state index in [1.807, 2.05) is 81.4 Å². The van der Waals surface area contributed by atoms with Gasteiger partial charge in [-0.2, -0.15) is 0 Å². The Balaban J connectivity index is 0.000000118. The first-order valence-electron chi connectivity index (χ1n) is 37.8. The number of benzene rings is 5. The predicted octanol–water partition coefficient (Wildman–Crippen LogP) is 14.8. The second-order valence-corrected chi connectivity index (χ2v) is 31.8. The van der Waals surface area contributed by atoms with E-state index in [1.165, 1.54) is 23.6 Å². The number of Topliss-reactive ketones (excluding diaryl/α,β-unsaturated/α-hetero) is 13. The Morgan fingerprint density at radius 2 is 0.681 bits per heavy atom. The Morgan fingerprint density at radius 1 is 0.372 bits per heavy atom. The fourth-order valence-corrected chi connectivity index (χ4v) is 14.3. The standard InChI is InChI=1S/C23H22N2O4.C19H18N2O3.C17H16N2O3.C14H11ClN2O2.C14H13N3O2/c1-11(2)22-24-18-15-8-3-12(10-17(26)13-4-5-13)9-16(15)20(27)21(28)19(18)25(22)23(29)14-6-7-14;1-9(2)19-20-15-12-6-3-10(8-14(22)11-4-5-11)7-13(12)17(23)18(24)16(15)21-19;1-8(2)17-18-13-11-5-4-10(6-9(3)20)7-12(11)15(21)16(22)14(13)19-17;2*1-6(2)14-16-10-8-4-3-7(15)5-9(8)12(18)13(19)11(10)17-14/h3,8-9,11,13-14H,4-7,10H2,1-2H3;3,6-7,9,11H,4-5,8H2,1-2H3,(H,20,21);4-5,7-8H,6H2,1-3H3,(H,18,19);3-6H,1-2H3,(H,16,17);3-6H,15H2,1-2H3,(H,16,17). The summed E-state index contributed by atoms with van der Waals surface area (Å²) in [5, 5.41) is 0.433. The van der Waals surface area contributed by atoms with Crippen LogP contribution in [0.2, 0.25) is 5.02 Å². The number of halogens is 1. The summed E-state index contributed by atoms with van der Waals surface area (Å²) in [4.78, 5) is 206. The minimum Gasteiger partial charge on any atom is -0.399 e. The molecule has 18 rings (SSSR count). The second kappa shape index (κ2) is 30.0. The predicted molar refractivity (Wildman–Crippen MR) is 418 cm³/mol. The topological polar surface area (TPSA) is 398 Å². The van der Waals surface area contributed by atoms with E-state index >= 15 is 0 Å². The lowest BCUT2D eigenvalue weighted by atomic mass is 9.88. The zero-order valence-corrected chi connectivity index (χ0v) is 64.8. The third-order valence-corrected chi connectivity index (χ3v) is 21.1. The quantitative estimate of drug-likeness (QED) is 0.0498. The van der Waals surface area contributed by atoms with Crippen molar-refractivity contribution in [2.24, 2.45) is 17.8 Å². The third-order valence-electron chi connectivity index (χ3n) is 20.8. The van der Waals surface area contributed by atoms with Crippen molar-refractivity contribution in [1.82, 2.24) is 49.4 Å². The van der Waals surface area contributed by atoms with E-state index in [4.69, 9.17) is 17.3 Å². The molecule has 0 amide bonds. The molecule has 0 radical (unpaired) electrons. The molecule has 8 aliphatic carbocycles. The lowest BCUT2D eigenvalue weighted by molar-refractivity contribution is -0.120. The Labute approximate surface area is 653 Å². The van der Waals surface area contributed by atoms with Gasteiger partial charge in [-0.25, -0.2) is 24.9 Å². The number of hydrogen-bond donors (Lipinski definition) is 5. The van der Waals surface area contributed by atoms with Crippen molar-refractivity contribution < 1.29 is 67.1 Å². The van der Waals surface area contributed by atoms with Crippen molar-refractivity contribution in [3.8, 4) is 56.3 Å².